The summed E-state index contributed by atoms with van der Waals surface area (Å²) in [5, 5.41) is 9.49. The molecule has 0 N–H and O–H groups in total. The van der Waals surface area contributed by atoms with Gasteiger partial charge in [0.15, 0.2) is 0 Å². The molecule has 0 aromatic carbocycles. The summed E-state index contributed by atoms with van der Waals surface area (Å²) in [6.45, 7) is 10.1. The Kier molecular flexibility index (Phi) is 7.55. The Morgan fingerprint density at radius 2 is 1.90 bits per heavy atom. The lowest BCUT2D eigenvalue weighted by atomic mass is 9.77. The van der Waals surface area contributed by atoms with Crippen LogP contribution in [-0.4, -0.2) is 49.6 Å². The van der Waals surface area contributed by atoms with Crippen molar-refractivity contribution < 1.29 is 0 Å². The summed E-state index contributed by atoms with van der Waals surface area (Å²) in [6, 6.07) is 3.06. The van der Waals surface area contributed by atoms with Crippen molar-refractivity contribution in [3.05, 3.63) is 0 Å². The summed E-state index contributed by atoms with van der Waals surface area (Å²) in [5.74, 6) is 1.72. The minimum absolute atomic E-state index is 0.235. The Morgan fingerprint density at radius 1 is 1.20 bits per heavy atom. The van der Waals surface area contributed by atoms with Crippen molar-refractivity contribution >= 4 is 0 Å². The van der Waals surface area contributed by atoms with Gasteiger partial charge in [-0.3, -0.25) is 4.90 Å². The highest BCUT2D eigenvalue weighted by atomic mass is 15.2. The molecule has 0 aromatic rings. The number of likely N-dealkylation sites (N-methyl/N-ethyl adjacent to an activating group) is 1. The monoisotopic (exact) mass is 279 g/mol. The third-order valence-electron chi connectivity index (χ3n) is 4.57. The molecule has 20 heavy (non-hydrogen) atoms. The van der Waals surface area contributed by atoms with Crippen LogP contribution in [0.25, 0.3) is 0 Å². The standard InChI is InChI=1S/C17H33N3/c1-6-15-7-8-16(12-18)17(11-15)20(13-14(2)3)10-9-19(4)5/h14-17H,6-11,13H2,1-5H3. The molecule has 3 nitrogen and oxygen atoms in total. The van der Waals surface area contributed by atoms with E-state index in [-0.39, 0.29) is 5.92 Å². The van der Waals surface area contributed by atoms with E-state index in [0.717, 1.165) is 32.0 Å². The van der Waals surface area contributed by atoms with E-state index < -0.39 is 0 Å². The molecule has 1 aliphatic rings. The van der Waals surface area contributed by atoms with Crippen molar-refractivity contribution in [2.45, 2.75) is 52.5 Å². The first-order valence-electron chi connectivity index (χ1n) is 8.26. The molecule has 0 bridgehead atoms. The molecule has 0 saturated heterocycles. The van der Waals surface area contributed by atoms with Gasteiger partial charge in [0.1, 0.15) is 0 Å². The molecule has 1 saturated carbocycles. The minimum atomic E-state index is 0.235. The number of hydrogen-bond donors (Lipinski definition) is 0. The van der Waals surface area contributed by atoms with Crippen LogP contribution in [0, 0.1) is 29.1 Å². The molecule has 0 aromatic heterocycles. The molecule has 3 atom stereocenters. The Balaban J connectivity index is 2.75. The molecule has 0 spiro atoms. The van der Waals surface area contributed by atoms with Crippen molar-refractivity contribution in [1.29, 1.82) is 5.26 Å². The van der Waals surface area contributed by atoms with Gasteiger partial charge >= 0.3 is 0 Å². The Hall–Kier alpha value is -0.590. The Labute approximate surface area is 125 Å². The van der Waals surface area contributed by atoms with Crippen LogP contribution in [0.1, 0.15) is 46.5 Å². The van der Waals surface area contributed by atoms with Crippen LogP contribution < -0.4 is 0 Å². The SMILES string of the molecule is CCC1CCC(C#N)C(N(CCN(C)C)CC(C)C)C1. The van der Waals surface area contributed by atoms with Gasteiger partial charge < -0.3 is 4.90 Å². The van der Waals surface area contributed by atoms with Crippen LogP contribution in [0.5, 0.6) is 0 Å². The molecule has 1 aliphatic carbocycles. The zero-order chi connectivity index (χ0) is 15.1. The summed E-state index contributed by atoms with van der Waals surface area (Å²) in [5.41, 5.74) is 0. The molecular formula is C17H33N3. The third-order valence-corrected chi connectivity index (χ3v) is 4.57. The highest BCUT2D eigenvalue weighted by Gasteiger charge is 2.33. The average molecular weight is 279 g/mol. The number of hydrogen-bond acceptors (Lipinski definition) is 3. The van der Waals surface area contributed by atoms with Gasteiger partial charge in [0.2, 0.25) is 0 Å². The fourth-order valence-corrected chi connectivity index (χ4v) is 3.35. The van der Waals surface area contributed by atoms with E-state index >= 15 is 0 Å². The van der Waals surface area contributed by atoms with Gasteiger partial charge in [0, 0.05) is 25.7 Å². The third kappa shape index (κ3) is 5.42. The summed E-state index contributed by atoms with van der Waals surface area (Å²) >= 11 is 0. The van der Waals surface area contributed by atoms with Crippen LogP contribution in [0.15, 0.2) is 0 Å². The lowest BCUT2D eigenvalue weighted by Gasteiger charge is -2.41. The second kappa shape index (κ2) is 8.64. The Morgan fingerprint density at radius 3 is 2.40 bits per heavy atom. The zero-order valence-electron chi connectivity index (χ0n) is 14.1. The van der Waals surface area contributed by atoms with Gasteiger partial charge in [0.05, 0.1) is 12.0 Å². The van der Waals surface area contributed by atoms with E-state index in [1.165, 1.54) is 19.3 Å². The predicted octanol–water partition coefficient (Wildman–Crippen LogP) is 3.22. The first-order chi connectivity index (χ1) is 9.47. The van der Waals surface area contributed by atoms with Crippen molar-refractivity contribution in [1.82, 2.24) is 9.80 Å². The van der Waals surface area contributed by atoms with Gasteiger partial charge in [0.25, 0.3) is 0 Å². The van der Waals surface area contributed by atoms with Gasteiger partial charge in [-0.15, -0.1) is 0 Å². The van der Waals surface area contributed by atoms with Crippen molar-refractivity contribution in [2.75, 3.05) is 33.7 Å². The van der Waals surface area contributed by atoms with E-state index in [1.807, 2.05) is 0 Å². The highest BCUT2D eigenvalue weighted by Crippen LogP contribution is 2.34. The first kappa shape index (κ1) is 17.5. The smallest absolute Gasteiger partial charge is 0.0672 e. The predicted molar refractivity (Wildman–Crippen MR) is 85.5 cm³/mol. The normalized spacial score (nSPS) is 27.2. The average Bonchev–Trinajstić information content (AvgIpc) is 2.42. The topological polar surface area (TPSA) is 30.3 Å². The lowest BCUT2D eigenvalue weighted by Crippen LogP contribution is -2.47. The molecule has 3 heteroatoms. The molecule has 0 aliphatic heterocycles. The molecule has 1 rings (SSSR count). The fourth-order valence-electron chi connectivity index (χ4n) is 3.35. The van der Waals surface area contributed by atoms with Gasteiger partial charge in [-0.1, -0.05) is 27.2 Å². The maximum absolute atomic E-state index is 9.49. The van der Waals surface area contributed by atoms with Gasteiger partial charge in [-0.25, -0.2) is 0 Å². The van der Waals surface area contributed by atoms with E-state index in [9.17, 15) is 5.26 Å². The van der Waals surface area contributed by atoms with Crippen LogP contribution in [0.2, 0.25) is 0 Å². The maximum Gasteiger partial charge on any atom is 0.0672 e. The summed E-state index contributed by atoms with van der Waals surface area (Å²) in [4.78, 5) is 4.84. The van der Waals surface area contributed by atoms with Crippen LogP contribution >= 0.6 is 0 Å². The quantitative estimate of drug-likeness (QED) is 0.717. The van der Waals surface area contributed by atoms with Crippen molar-refractivity contribution in [3.63, 3.8) is 0 Å². The minimum Gasteiger partial charge on any atom is -0.308 e. The van der Waals surface area contributed by atoms with Crippen molar-refractivity contribution in [2.24, 2.45) is 17.8 Å². The maximum atomic E-state index is 9.49. The second-order valence-corrected chi connectivity index (χ2v) is 7.08. The molecule has 116 valence electrons. The molecule has 0 radical (unpaired) electrons. The fraction of sp³-hybridized carbons (Fsp3) is 0.941. The first-order valence-corrected chi connectivity index (χ1v) is 8.26. The van der Waals surface area contributed by atoms with Crippen LogP contribution in [-0.2, 0) is 0 Å². The van der Waals surface area contributed by atoms with E-state index in [4.69, 9.17) is 0 Å². The lowest BCUT2D eigenvalue weighted by molar-refractivity contribution is 0.0824. The molecule has 1 fully saturated rings. The molecule has 0 heterocycles. The Bertz CT molecular complexity index is 306. The highest BCUT2D eigenvalue weighted by molar-refractivity contribution is 4.97. The summed E-state index contributed by atoms with van der Waals surface area (Å²) in [6.07, 6.45) is 4.82. The van der Waals surface area contributed by atoms with E-state index in [0.29, 0.717) is 12.0 Å². The van der Waals surface area contributed by atoms with Crippen molar-refractivity contribution in [3.8, 4) is 6.07 Å². The van der Waals surface area contributed by atoms with E-state index in [1.54, 1.807) is 0 Å². The molecule has 0 amide bonds. The van der Waals surface area contributed by atoms with Crippen LogP contribution in [0.3, 0.4) is 0 Å². The number of nitrogens with zero attached hydrogens (tertiary/aromatic N) is 3. The summed E-state index contributed by atoms with van der Waals surface area (Å²) in [7, 11) is 4.26. The number of nitriles is 1. The number of rotatable bonds is 7. The summed E-state index contributed by atoms with van der Waals surface area (Å²) < 4.78 is 0. The zero-order valence-corrected chi connectivity index (χ0v) is 14.1. The largest absolute Gasteiger partial charge is 0.308 e. The van der Waals surface area contributed by atoms with E-state index in [2.05, 4.69) is 50.7 Å². The van der Waals surface area contributed by atoms with Gasteiger partial charge in [-0.2, -0.15) is 5.26 Å². The molecule has 3 unspecified atom stereocenters. The van der Waals surface area contributed by atoms with Gasteiger partial charge in [-0.05, 0) is 45.2 Å². The second-order valence-electron chi connectivity index (χ2n) is 7.08. The van der Waals surface area contributed by atoms with Crippen LogP contribution in [0.4, 0.5) is 0 Å². The molecular weight excluding hydrogens is 246 g/mol.